The molecule has 0 bridgehead atoms. The van der Waals surface area contributed by atoms with E-state index < -0.39 is 0 Å². The number of aromatic nitrogens is 1. The molecule has 0 aliphatic carbocycles. The molecule has 4 nitrogen and oxygen atoms in total. The number of fused-ring (bicyclic) bond motifs is 1. The third-order valence-electron chi connectivity index (χ3n) is 4.19. The van der Waals surface area contributed by atoms with Gasteiger partial charge in [-0.1, -0.05) is 48.2 Å². The molecule has 1 saturated heterocycles. The number of carbonyl (C=O) groups is 1. The zero-order chi connectivity index (χ0) is 16.9. The van der Waals surface area contributed by atoms with Crippen LogP contribution in [0.15, 0.2) is 53.7 Å². The van der Waals surface area contributed by atoms with Crippen LogP contribution in [0.4, 0.5) is 0 Å². The Morgan fingerprint density at radius 1 is 1.21 bits per heavy atom. The van der Waals surface area contributed by atoms with E-state index >= 15 is 0 Å². The Morgan fingerprint density at radius 2 is 1.96 bits per heavy atom. The first-order chi connectivity index (χ1) is 11.6. The van der Waals surface area contributed by atoms with Crippen molar-refractivity contribution in [2.45, 2.75) is 11.9 Å². The number of pyridine rings is 1. The van der Waals surface area contributed by atoms with Gasteiger partial charge in [0.2, 0.25) is 5.91 Å². The highest BCUT2D eigenvalue weighted by atomic mass is 32.2. The number of hydrogen-bond acceptors (Lipinski definition) is 4. The van der Waals surface area contributed by atoms with Crippen LogP contribution in [-0.4, -0.2) is 59.2 Å². The predicted octanol–water partition coefficient (Wildman–Crippen LogP) is 3.05. The minimum atomic E-state index is 0.199. The molecular weight excluding hydrogens is 318 g/mol. The molecule has 5 heteroatoms. The highest BCUT2D eigenvalue weighted by Gasteiger charge is 2.21. The van der Waals surface area contributed by atoms with Gasteiger partial charge in [0.05, 0.1) is 5.75 Å². The van der Waals surface area contributed by atoms with Crippen molar-refractivity contribution < 1.29 is 4.79 Å². The van der Waals surface area contributed by atoms with Crippen molar-refractivity contribution in [3.8, 4) is 0 Å². The molecule has 0 radical (unpaired) electrons. The maximum atomic E-state index is 12.5. The summed E-state index contributed by atoms with van der Waals surface area (Å²) in [4.78, 5) is 21.2. The van der Waals surface area contributed by atoms with Crippen molar-refractivity contribution >= 4 is 28.4 Å². The number of piperazine rings is 1. The van der Waals surface area contributed by atoms with Crippen LogP contribution in [-0.2, 0) is 4.79 Å². The summed E-state index contributed by atoms with van der Waals surface area (Å²) >= 11 is 1.53. The molecule has 1 fully saturated rings. The van der Waals surface area contributed by atoms with Crippen molar-refractivity contribution in [1.29, 1.82) is 0 Å². The summed E-state index contributed by atoms with van der Waals surface area (Å²) in [5.41, 5.74) is 1.17. The molecule has 0 atom stereocenters. The van der Waals surface area contributed by atoms with Crippen LogP contribution in [0, 0.1) is 0 Å². The first kappa shape index (κ1) is 17.0. The zero-order valence-electron chi connectivity index (χ0n) is 14.1. The van der Waals surface area contributed by atoms with Crippen molar-refractivity contribution in [3.05, 3.63) is 48.7 Å². The molecule has 0 unspecified atom stereocenters. The summed E-state index contributed by atoms with van der Waals surface area (Å²) in [6.45, 7) is 10.4. The van der Waals surface area contributed by atoms with E-state index in [1.165, 1.54) is 17.3 Å². The lowest BCUT2D eigenvalue weighted by Gasteiger charge is -2.34. The summed E-state index contributed by atoms with van der Waals surface area (Å²) < 4.78 is 0. The van der Waals surface area contributed by atoms with Gasteiger partial charge in [0.25, 0.3) is 0 Å². The Kier molecular flexibility index (Phi) is 5.53. The van der Waals surface area contributed by atoms with Crippen LogP contribution in [0.3, 0.4) is 0 Å². The van der Waals surface area contributed by atoms with Gasteiger partial charge in [-0.05, 0) is 18.4 Å². The van der Waals surface area contributed by atoms with E-state index in [-0.39, 0.29) is 5.91 Å². The quantitative estimate of drug-likeness (QED) is 0.619. The highest BCUT2D eigenvalue weighted by molar-refractivity contribution is 8.00. The first-order valence-corrected chi connectivity index (χ1v) is 9.23. The van der Waals surface area contributed by atoms with Gasteiger partial charge in [-0.15, -0.1) is 0 Å². The molecule has 126 valence electrons. The number of carbonyl (C=O) groups excluding carboxylic acids is 1. The van der Waals surface area contributed by atoms with Crippen LogP contribution < -0.4 is 0 Å². The predicted molar refractivity (Wildman–Crippen MR) is 100 cm³/mol. The van der Waals surface area contributed by atoms with Crippen LogP contribution in [0.2, 0.25) is 0 Å². The van der Waals surface area contributed by atoms with Gasteiger partial charge in [-0.2, -0.15) is 0 Å². The van der Waals surface area contributed by atoms with Gasteiger partial charge in [-0.25, -0.2) is 4.98 Å². The molecule has 2 aromatic rings. The monoisotopic (exact) mass is 341 g/mol. The lowest BCUT2D eigenvalue weighted by Crippen LogP contribution is -2.49. The molecule has 24 heavy (non-hydrogen) atoms. The van der Waals surface area contributed by atoms with Gasteiger partial charge in [0.1, 0.15) is 5.03 Å². The summed E-state index contributed by atoms with van der Waals surface area (Å²) in [5, 5.41) is 3.21. The van der Waals surface area contributed by atoms with Crippen LogP contribution >= 0.6 is 11.8 Å². The second-order valence-corrected chi connectivity index (χ2v) is 7.20. The molecule has 1 amide bonds. The fourth-order valence-corrected chi connectivity index (χ4v) is 3.88. The Balaban J connectivity index is 1.55. The van der Waals surface area contributed by atoms with Gasteiger partial charge in [0, 0.05) is 44.3 Å². The molecular formula is C19H23N3OS. The minimum absolute atomic E-state index is 0.199. The normalized spacial score (nSPS) is 15.6. The summed E-state index contributed by atoms with van der Waals surface area (Å²) in [6.07, 6.45) is 1.81. The maximum absolute atomic E-state index is 12.5. The van der Waals surface area contributed by atoms with E-state index in [4.69, 9.17) is 0 Å². The number of rotatable bonds is 5. The standard InChI is InChI=1S/C19H23N3OS/c1-15(2)13-21-9-11-22(12-10-21)18(23)14-24-19-17-6-4-3-5-16(17)7-8-20-19/h3-8H,1,9-14H2,2H3. The molecule has 2 heterocycles. The Morgan fingerprint density at radius 3 is 2.71 bits per heavy atom. The minimum Gasteiger partial charge on any atom is -0.339 e. The van der Waals surface area contributed by atoms with Gasteiger partial charge in [0.15, 0.2) is 0 Å². The van der Waals surface area contributed by atoms with Crippen molar-refractivity contribution in [2.75, 3.05) is 38.5 Å². The molecule has 1 aliphatic heterocycles. The van der Waals surface area contributed by atoms with E-state index in [0.29, 0.717) is 5.75 Å². The van der Waals surface area contributed by atoms with Crippen LogP contribution in [0.5, 0.6) is 0 Å². The smallest absolute Gasteiger partial charge is 0.233 e. The number of thioether (sulfide) groups is 1. The topological polar surface area (TPSA) is 36.4 Å². The number of amides is 1. The average Bonchev–Trinajstić information content (AvgIpc) is 2.59. The number of benzene rings is 1. The molecule has 0 saturated carbocycles. The third kappa shape index (κ3) is 4.16. The average molecular weight is 341 g/mol. The van der Waals surface area contributed by atoms with E-state index in [1.807, 2.05) is 36.2 Å². The van der Waals surface area contributed by atoms with Gasteiger partial charge < -0.3 is 4.90 Å². The van der Waals surface area contributed by atoms with E-state index in [2.05, 4.69) is 28.6 Å². The third-order valence-corrected chi connectivity index (χ3v) is 5.18. The SMILES string of the molecule is C=C(C)CN1CCN(C(=O)CSc2nccc3ccccc23)CC1. The molecule has 1 aromatic carbocycles. The maximum Gasteiger partial charge on any atom is 0.233 e. The van der Waals surface area contributed by atoms with Gasteiger partial charge in [-0.3, -0.25) is 9.69 Å². The second kappa shape index (κ2) is 7.81. The van der Waals surface area contributed by atoms with Crippen molar-refractivity contribution in [1.82, 2.24) is 14.8 Å². The van der Waals surface area contributed by atoms with Crippen molar-refractivity contribution in [3.63, 3.8) is 0 Å². The van der Waals surface area contributed by atoms with Crippen LogP contribution in [0.25, 0.3) is 10.8 Å². The zero-order valence-corrected chi connectivity index (χ0v) is 14.9. The number of nitrogens with zero attached hydrogens (tertiary/aromatic N) is 3. The summed E-state index contributed by atoms with van der Waals surface area (Å²) in [5.74, 6) is 0.645. The molecule has 1 aromatic heterocycles. The fourth-order valence-electron chi connectivity index (χ4n) is 2.97. The summed E-state index contributed by atoms with van der Waals surface area (Å²) in [7, 11) is 0. The second-order valence-electron chi connectivity index (χ2n) is 6.24. The first-order valence-electron chi connectivity index (χ1n) is 8.24. The van der Waals surface area contributed by atoms with E-state index in [9.17, 15) is 4.79 Å². The van der Waals surface area contributed by atoms with E-state index in [0.717, 1.165) is 48.5 Å². The highest BCUT2D eigenvalue weighted by Crippen LogP contribution is 2.25. The van der Waals surface area contributed by atoms with Crippen LogP contribution in [0.1, 0.15) is 6.92 Å². The fraction of sp³-hybridized carbons (Fsp3) is 0.368. The summed E-state index contributed by atoms with van der Waals surface area (Å²) in [6, 6.07) is 10.2. The van der Waals surface area contributed by atoms with E-state index in [1.54, 1.807) is 0 Å². The largest absolute Gasteiger partial charge is 0.339 e. The lowest BCUT2D eigenvalue weighted by atomic mass is 10.2. The Hall–Kier alpha value is -1.85. The van der Waals surface area contributed by atoms with Gasteiger partial charge >= 0.3 is 0 Å². The molecule has 0 spiro atoms. The Labute approximate surface area is 147 Å². The van der Waals surface area contributed by atoms with Crippen molar-refractivity contribution in [2.24, 2.45) is 0 Å². The number of hydrogen-bond donors (Lipinski definition) is 0. The molecule has 1 aliphatic rings. The molecule has 3 rings (SSSR count). The lowest BCUT2D eigenvalue weighted by molar-refractivity contribution is -0.130. The Bertz CT molecular complexity index is 733. The molecule has 0 N–H and O–H groups in total.